The number of nitrogens with one attached hydrogen (secondary N) is 1. The van der Waals surface area contributed by atoms with Crippen LogP contribution in [0.25, 0.3) is 10.1 Å². The van der Waals surface area contributed by atoms with Crippen molar-refractivity contribution < 1.29 is 0 Å². The second kappa shape index (κ2) is 5.47. The standard InChI is InChI=1S/C17H24N2S/c1-17(2)9-5-7-14(17)15(19-18)10-12-11-20-16-8-4-3-6-13(12)16/h3-4,6,8,11,14-15,19H,5,7,9-10,18H2,1-2H3. The van der Waals surface area contributed by atoms with Gasteiger partial charge in [0.15, 0.2) is 0 Å². The van der Waals surface area contributed by atoms with Crippen LogP contribution < -0.4 is 11.3 Å². The van der Waals surface area contributed by atoms with Crippen molar-refractivity contribution in [2.75, 3.05) is 0 Å². The number of benzene rings is 1. The van der Waals surface area contributed by atoms with Crippen molar-refractivity contribution in [2.45, 2.75) is 45.6 Å². The first kappa shape index (κ1) is 14.1. The largest absolute Gasteiger partial charge is 0.271 e. The topological polar surface area (TPSA) is 38.0 Å². The summed E-state index contributed by atoms with van der Waals surface area (Å²) >= 11 is 1.84. The van der Waals surface area contributed by atoms with Gasteiger partial charge in [-0.1, -0.05) is 38.5 Å². The first-order chi connectivity index (χ1) is 9.62. The number of fused-ring (bicyclic) bond motifs is 1. The molecule has 0 amide bonds. The Labute approximate surface area is 125 Å². The minimum atomic E-state index is 0.380. The zero-order chi connectivity index (χ0) is 14.2. The van der Waals surface area contributed by atoms with Gasteiger partial charge in [0.25, 0.3) is 0 Å². The molecule has 20 heavy (non-hydrogen) atoms. The summed E-state index contributed by atoms with van der Waals surface area (Å²) in [7, 11) is 0. The van der Waals surface area contributed by atoms with E-state index in [4.69, 9.17) is 5.84 Å². The summed E-state index contributed by atoms with van der Waals surface area (Å²) in [4.78, 5) is 0. The van der Waals surface area contributed by atoms with Crippen molar-refractivity contribution in [2.24, 2.45) is 17.2 Å². The summed E-state index contributed by atoms with van der Waals surface area (Å²) in [6.45, 7) is 4.78. The number of thiophene rings is 1. The van der Waals surface area contributed by atoms with Gasteiger partial charge >= 0.3 is 0 Å². The molecule has 1 aliphatic carbocycles. The molecule has 1 aromatic heterocycles. The number of rotatable bonds is 4. The normalized spacial score (nSPS) is 23.2. The predicted octanol–water partition coefficient (Wildman–Crippen LogP) is 4.10. The van der Waals surface area contributed by atoms with Gasteiger partial charge in [-0.05, 0) is 53.0 Å². The molecule has 1 heterocycles. The van der Waals surface area contributed by atoms with Gasteiger partial charge < -0.3 is 0 Å². The molecule has 1 fully saturated rings. The summed E-state index contributed by atoms with van der Waals surface area (Å²) in [5.74, 6) is 6.56. The molecule has 3 rings (SSSR count). The molecule has 108 valence electrons. The van der Waals surface area contributed by atoms with E-state index in [1.807, 2.05) is 11.3 Å². The van der Waals surface area contributed by atoms with Crippen molar-refractivity contribution in [3.8, 4) is 0 Å². The SMILES string of the molecule is CC1(C)CCCC1C(Cc1csc2ccccc12)NN. The molecule has 1 aromatic carbocycles. The predicted molar refractivity (Wildman–Crippen MR) is 87.8 cm³/mol. The Kier molecular flexibility index (Phi) is 3.85. The van der Waals surface area contributed by atoms with E-state index in [0.717, 1.165) is 6.42 Å². The minimum Gasteiger partial charge on any atom is -0.271 e. The second-order valence-corrected chi connectivity index (χ2v) is 7.63. The van der Waals surface area contributed by atoms with Crippen molar-refractivity contribution in [3.63, 3.8) is 0 Å². The van der Waals surface area contributed by atoms with Crippen LogP contribution >= 0.6 is 11.3 Å². The highest BCUT2D eigenvalue weighted by atomic mass is 32.1. The van der Waals surface area contributed by atoms with E-state index < -0.39 is 0 Å². The third-order valence-electron chi connectivity index (χ3n) is 5.04. The molecule has 0 bridgehead atoms. The summed E-state index contributed by atoms with van der Waals surface area (Å²) < 4.78 is 1.38. The summed E-state index contributed by atoms with van der Waals surface area (Å²) in [5, 5.41) is 3.70. The van der Waals surface area contributed by atoms with E-state index in [2.05, 4.69) is 48.9 Å². The molecule has 0 saturated heterocycles. The zero-order valence-electron chi connectivity index (χ0n) is 12.4. The maximum Gasteiger partial charge on any atom is 0.0345 e. The molecule has 0 radical (unpaired) electrons. The van der Waals surface area contributed by atoms with Crippen molar-refractivity contribution >= 4 is 21.4 Å². The molecular formula is C17H24N2S. The van der Waals surface area contributed by atoms with Gasteiger partial charge in [0, 0.05) is 10.7 Å². The van der Waals surface area contributed by atoms with Gasteiger partial charge in [-0.15, -0.1) is 11.3 Å². The van der Waals surface area contributed by atoms with E-state index in [1.165, 1.54) is 34.9 Å². The summed E-state index contributed by atoms with van der Waals surface area (Å²) in [6, 6.07) is 9.05. The fourth-order valence-corrected chi connectivity index (χ4v) is 4.82. The lowest BCUT2D eigenvalue weighted by atomic mass is 9.76. The van der Waals surface area contributed by atoms with Gasteiger partial charge in [0.2, 0.25) is 0 Å². The number of hydrogen-bond acceptors (Lipinski definition) is 3. The van der Waals surface area contributed by atoms with Crippen LogP contribution in [0.1, 0.15) is 38.7 Å². The van der Waals surface area contributed by atoms with E-state index in [9.17, 15) is 0 Å². The fraction of sp³-hybridized carbons (Fsp3) is 0.529. The number of hydrogen-bond donors (Lipinski definition) is 2. The zero-order valence-corrected chi connectivity index (χ0v) is 13.2. The van der Waals surface area contributed by atoms with E-state index in [0.29, 0.717) is 17.4 Å². The van der Waals surface area contributed by atoms with Crippen LogP contribution in [0.3, 0.4) is 0 Å². The molecule has 3 heteroatoms. The van der Waals surface area contributed by atoms with Gasteiger partial charge in [0.05, 0.1) is 0 Å². The van der Waals surface area contributed by atoms with Crippen LogP contribution in [-0.2, 0) is 6.42 Å². The summed E-state index contributed by atoms with van der Waals surface area (Å²) in [5.41, 5.74) is 4.95. The maximum atomic E-state index is 5.89. The van der Waals surface area contributed by atoms with Gasteiger partial charge in [-0.25, -0.2) is 0 Å². The van der Waals surface area contributed by atoms with E-state index in [-0.39, 0.29) is 0 Å². The molecule has 2 atom stereocenters. The molecule has 2 unspecified atom stereocenters. The van der Waals surface area contributed by atoms with E-state index in [1.54, 1.807) is 0 Å². The monoisotopic (exact) mass is 288 g/mol. The highest BCUT2D eigenvalue weighted by molar-refractivity contribution is 7.17. The quantitative estimate of drug-likeness (QED) is 0.656. The Bertz CT molecular complexity index is 587. The van der Waals surface area contributed by atoms with Crippen LogP contribution in [0.4, 0.5) is 0 Å². The smallest absolute Gasteiger partial charge is 0.0345 e. The molecule has 0 spiro atoms. The average molecular weight is 288 g/mol. The van der Waals surface area contributed by atoms with Crippen molar-refractivity contribution in [3.05, 3.63) is 35.2 Å². The lowest BCUT2D eigenvalue weighted by molar-refractivity contribution is 0.196. The Balaban J connectivity index is 1.85. The third-order valence-corrected chi connectivity index (χ3v) is 6.05. The van der Waals surface area contributed by atoms with Gasteiger partial charge in [-0.2, -0.15) is 0 Å². The molecule has 3 N–H and O–H groups in total. The first-order valence-electron chi connectivity index (χ1n) is 7.53. The van der Waals surface area contributed by atoms with Gasteiger partial charge in [-0.3, -0.25) is 11.3 Å². The molecule has 1 aliphatic rings. The second-order valence-electron chi connectivity index (χ2n) is 6.72. The molecule has 0 aliphatic heterocycles. The number of hydrazine groups is 1. The van der Waals surface area contributed by atoms with Crippen LogP contribution in [0.5, 0.6) is 0 Å². The third kappa shape index (κ3) is 2.50. The fourth-order valence-electron chi connectivity index (χ4n) is 3.84. The Morgan fingerprint density at radius 3 is 2.90 bits per heavy atom. The highest BCUT2D eigenvalue weighted by Crippen LogP contribution is 2.45. The van der Waals surface area contributed by atoms with Crippen LogP contribution in [0, 0.1) is 11.3 Å². The maximum absolute atomic E-state index is 5.89. The number of nitrogens with two attached hydrogens (primary N) is 1. The van der Waals surface area contributed by atoms with Crippen LogP contribution in [0.15, 0.2) is 29.6 Å². The Hall–Kier alpha value is -0.900. The Morgan fingerprint density at radius 1 is 1.40 bits per heavy atom. The molecule has 1 saturated carbocycles. The molecule has 2 nitrogen and oxygen atoms in total. The van der Waals surface area contributed by atoms with E-state index >= 15 is 0 Å². The first-order valence-corrected chi connectivity index (χ1v) is 8.41. The lowest BCUT2D eigenvalue weighted by Crippen LogP contribution is -2.45. The van der Waals surface area contributed by atoms with Crippen LogP contribution in [0.2, 0.25) is 0 Å². The Morgan fingerprint density at radius 2 is 2.20 bits per heavy atom. The molecule has 2 aromatic rings. The average Bonchev–Trinajstić information content (AvgIpc) is 2.99. The highest BCUT2D eigenvalue weighted by Gasteiger charge is 2.39. The van der Waals surface area contributed by atoms with Crippen LogP contribution in [-0.4, -0.2) is 6.04 Å². The van der Waals surface area contributed by atoms with Crippen molar-refractivity contribution in [1.82, 2.24) is 5.43 Å². The van der Waals surface area contributed by atoms with Crippen molar-refractivity contribution in [1.29, 1.82) is 0 Å². The molecular weight excluding hydrogens is 264 g/mol. The lowest BCUT2D eigenvalue weighted by Gasteiger charge is -2.33. The van der Waals surface area contributed by atoms with Gasteiger partial charge in [0.1, 0.15) is 0 Å². The minimum absolute atomic E-state index is 0.380. The summed E-state index contributed by atoms with van der Waals surface area (Å²) in [6.07, 6.45) is 4.99.